The molecule has 0 saturated heterocycles. The summed E-state index contributed by atoms with van der Waals surface area (Å²) in [5.74, 6) is -0.116. The van der Waals surface area contributed by atoms with Crippen molar-refractivity contribution in [2.75, 3.05) is 5.32 Å². The highest BCUT2D eigenvalue weighted by Crippen LogP contribution is 2.16. The number of carbonyl (C=O) groups is 1. The van der Waals surface area contributed by atoms with Gasteiger partial charge in [-0.05, 0) is 24.3 Å². The molecule has 0 radical (unpaired) electrons. The molecule has 18 heavy (non-hydrogen) atoms. The summed E-state index contributed by atoms with van der Waals surface area (Å²) in [6, 6.07) is 10.2. The molecule has 0 aliphatic carbocycles. The molecule has 2 aromatic rings. The van der Waals surface area contributed by atoms with Gasteiger partial charge < -0.3 is 10.4 Å². The first kappa shape index (κ1) is 11.9. The molecule has 0 saturated carbocycles. The van der Waals surface area contributed by atoms with Crippen molar-refractivity contribution in [3.05, 3.63) is 60.4 Å². The van der Waals surface area contributed by atoms with Crippen LogP contribution in [0.1, 0.15) is 5.56 Å². The molecular weight excluding hydrogens is 228 g/mol. The van der Waals surface area contributed by atoms with E-state index >= 15 is 0 Å². The van der Waals surface area contributed by atoms with Gasteiger partial charge in [0.05, 0.1) is 0 Å². The van der Waals surface area contributed by atoms with Crippen molar-refractivity contribution in [1.82, 2.24) is 4.98 Å². The van der Waals surface area contributed by atoms with Gasteiger partial charge in [0, 0.05) is 29.7 Å². The first-order valence-corrected chi connectivity index (χ1v) is 5.43. The number of aromatic hydroxyl groups is 1. The van der Waals surface area contributed by atoms with E-state index in [1.807, 2.05) is 0 Å². The van der Waals surface area contributed by atoms with E-state index in [1.54, 1.807) is 54.9 Å². The molecule has 1 aromatic carbocycles. The van der Waals surface area contributed by atoms with Crippen LogP contribution in [0.25, 0.3) is 6.08 Å². The molecule has 4 heteroatoms. The molecule has 0 bridgehead atoms. The zero-order valence-corrected chi connectivity index (χ0v) is 9.58. The van der Waals surface area contributed by atoms with Crippen LogP contribution in [0.2, 0.25) is 0 Å². The van der Waals surface area contributed by atoms with Crippen molar-refractivity contribution in [1.29, 1.82) is 0 Å². The third-order valence-electron chi connectivity index (χ3n) is 2.30. The van der Waals surface area contributed by atoms with Gasteiger partial charge in [0.1, 0.15) is 5.75 Å². The Morgan fingerprint density at radius 3 is 2.61 bits per heavy atom. The predicted octanol–water partition coefficient (Wildman–Crippen LogP) is 2.44. The predicted molar refractivity (Wildman–Crippen MR) is 70.0 cm³/mol. The summed E-state index contributed by atoms with van der Waals surface area (Å²) >= 11 is 0. The second-order valence-electron chi connectivity index (χ2n) is 3.62. The Labute approximate surface area is 105 Å². The molecule has 2 rings (SSSR count). The second-order valence-corrected chi connectivity index (χ2v) is 3.62. The van der Waals surface area contributed by atoms with Crippen molar-refractivity contribution >= 4 is 17.7 Å². The van der Waals surface area contributed by atoms with Crippen molar-refractivity contribution in [3.63, 3.8) is 0 Å². The van der Waals surface area contributed by atoms with Gasteiger partial charge >= 0.3 is 0 Å². The van der Waals surface area contributed by atoms with Crippen LogP contribution < -0.4 is 5.32 Å². The molecule has 4 nitrogen and oxygen atoms in total. The van der Waals surface area contributed by atoms with Crippen molar-refractivity contribution in [2.45, 2.75) is 0 Å². The highest BCUT2D eigenvalue weighted by Gasteiger charge is 1.98. The molecule has 90 valence electrons. The van der Waals surface area contributed by atoms with E-state index in [0.29, 0.717) is 11.3 Å². The number of carbonyl (C=O) groups excluding carboxylic acids is 1. The molecular formula is C14H12N2O2. The normalized spacial score (nSPS) is 10.4. The number of phenols is 1. The van der Waals surface area contributed by atoms with E-state index in [0.717, 1.165) is 0 Å². The van der Waals surface area contributed by atoms with E-state index in [9.17, 15) is 9.90 Å². The number of hydrogen-bond donors (Lipinski definition) is 2. The molecule has 1 aromatic heterocycles. The first-order chi connectivity index (χ1) is 8.75. The van der Waals surface area contributed by atoms with Crippen LogP contribution in [0, 0.1) is 0 Å². The number of benzene rings is 1. The van der Waals surface area contributed by atoms with Gasteiger partial charge in [-0.15, -0.1) is 0 Å². The number of amides is 1. The number of nitrogens with zero attached hydrogens (tertiary/aromatic N) is 1. The van der Waals surface area contributed by atoms with E-state index in [-0.39, 0.29) is 11.7 Å². The minimum absolute atomic E-state index is 0.144. The van der Waals surface area contributed by atoms with Crippen molar-refractivity contribution in [2.24, 2.45) is 0 Å². The summed E-state index contributed by atoms with van der Waals surface area (Å²) in [5.41, 5.74) is 1.28. The van der Waals surface area contributed by atoms with Gasteiger partial charge in [-0.3, -0.25) is 9.78 Å². The van der Waals surface area contributed by atoms with Gasteiger partial charge in [-0.25, -0.2) is 0 Å². The third kappa shape index (κ3) is 3.18. The third-order valence-corrected chi connectivity index (χ3v) is 2.30. The van der Waals surface area contributed by atoms with Crippen LogP contribution >= 0.6 is 0 Å². The fourth-order valence-electron chi connectivity index (χ4n) is 1.41. The smallest absolute Gasteiger partial charge is 0.248 e. The number of rotatable bonds is 3. The van der Waals surface area contributed by atoms with Gasteiger partial charge in [-0.2, -0.15) is 0 Å². The highest BCUT2D eigenvalue weighted by atomic mass is 16.3. The summed E-state index contributed by atoms with van der Waals surface area (Å²) in [6.07, 6.45) is 6.13. The molecule has 0 unspecified atom stereocenters. The monoisotopic (exact) mass is 240 g/mol. The standard InChI is InChI=1S/C14H12N2O2/c17-13-4-2-1-3-11(13)5-6-14(18)16-12-7-9-15-10-8-12/h1-10,17H,(H,15,16,18)/b6-5+. The van der Waals surface area contributed by atoms with Crippen LogP contribution in [-0.2, 0) is 4.79 Å². The lowest BCUT2D eigenvalue weighted by Crippen LogP contribution is -2.07. The number of aromatic nitrogens is 1. The minimum atomic E-state index is -0.260. The Balaban J connectivity index is 2.02. The highest BCUT2D eigenvalue weighted by molar-refractivity contribution is 6.02. The lowest BCUT2D eigenvalue weighted by atomic mass is 10.2. The van der Waals surface area contributed by atoms with Crippen molar-refractivity contribution < 1.29 is 9.90 Å². The van der Waals surface area contributed by atoms with Gasteiger partial charge in [0.25, 0.3) is 0 Å². The molecule has 1 amide bonds. The van der Waals surface area contributed by atoms with Gasteiger partial charge in [0.15, 0.2) is 0 Å². The molecule has 2 N–H and O–H groups in total. The molecule has 0 fully saturated rings. The second kappa shape index (κ2) is 5.63. The zero-order chi connectivity index (χ0) is 12.8. The quantitative estimate of drug-likeness (QED) is 0.810. The maximum Gasteiger partial charge on any atom is 0.248 e. The average molecular weight is 240 g/mol. The molecule has 0 atom stereocenters. The number of anilines is 1. The molecule has 0 spiro atoms. The summed E-state index contributed by atoms with van der Waals surface area (Å²) < 4.78 is 0. The summed E-state index contributed by atoms with van der Waals surface area (Å²) in [6.45, 7) is 0. The molecule has 1 heterocycles. The minimum Gasteiger partial charge on any atom is -0.507 e. The number of hydrogen-bond acceptors (Lipinski definition) is 3. The number of nitrogens with one attached hydrogen (secondary N) is 1. The van der Waals surface area contributed by atoms with E-state index < -0.39 is 0 Å². The van der Waals surface area contributed by atoms with Gasteiger partial charge in [0.2, 0.25) is 5.91 Å². The Morgan fingerprint density at radius 2 is 1.89 bits per heavy atom. The maximum absolute atomic E-state index is 11.6. The lowest BCUT2D eigenvalue weighted by molar-refractivity contribution is -0.111. The van der Waals surface area contributed by atoms with Gasteiger partial charge in [-0.1, -0.05) is 18.2 Å². The maximum atomic E-state index is 11.6. The molecule has 0 aliphatic heterocycles. The zero-order valence-electron chi connectivity index (χ0n) is 9.58. The van der Waals surface area contributed by atoms with Crippen LogP contribution in [0.15, 0.2) is 54.9 Å². The largest absolute Gasteiger partial charge is 0.507 e. The lowest BCUT2D eigenvalue weighted by Gasteiger charge is -2.00. The van der Waals surface area contributed by atoms with Crippen LogP contribution in [0.3, 0.4) is 0 Å². The Hall–Kier alpha value is -2.62. The van der Waals surface area contributed by atoms with E-state index in [2.05, 4.69) is 10.3 Å². The SMILES string of the molecule is O=C(/C=C/c1ccccc1O)Nc1ccncc1. The van der Waals surface area contributed by atoms with Crippen LogP contribution in [0.5, 0.6) is 5.75 Å². The van der Waals surface area contributed by atoms with Crippen LogP contribution in [0.4, 0.5) is 5.69 Å². The number of phenolic OH excluding ortho intramolecular Hbond substituents is 1. The average Bonchev–Trinajstić information content (AvgIpc) is 2.39. The van der Waals surface area contributed by atoms with E-state index in [1.165, 1.54) is 6.08 Å². The molecule has 0 aliphatic rings. The fraction of sp³-hybridized carbons (Fsp3) is 0. The Morgan fingerprint density at radius 1 is 1.17 bits per heavy atom. The number of para-hydroxylation sites is 1. The first-order valence-electron chi connectivity index (χ1n) is 5.43. The van der Waals surface area contributed by atoms with E-state index in [4.69, 9.17) is 0 Å². The number of pyridine rings is 1. The fourth-order valence-corrected chi connectivity index (χ4v) is 1.41. The summed E-state index contributed by atoms with van der Waals surface area (Å²) in [7, 11) is 0. The summed E-state index contributed by atoms with van der Waals surface area (Å²) in [5, 5.41) is 12.2. The Kier molecular flexibility index (Phi) is 3.71. The Bertz CT molecular complexity index is 565. The topological polar surface area (TPSA) is 62.2 Å². The van der Waals surface area contributed by atoms with Crippen molar-refractivity contribution in [3.8, 4) is 5.75 Å². The summed E-state index contributed by atoms with van der Waals surface area (Å²) in [4.78, 5) is 15.5. The van der Waals surface area contributed by atoms with Crippen LogP contribution in [-0.4, -0.2) is 16.0 Å².